The van der Waals surface area contributed by atoms with E-state index in [0.717, 1.165) is 32.3 Å². The van der Waals surface area contributed by atoms with Gasteiger partial charge in [0.15, 0.2) is 0 Å². The molecule has 0 aromatic carbocycles. The SMILES string of the molecule is CCNCC1(CN2CCSCC2C)CCOC1. The molecular formula is C13H26N2OS. The first-order chi connectivity index (χ1) is 8.26. The molecule has 2 atom stereocenters. The predicted octanol–water partition coefficient (Wildman–Crippen LogP) is 1.44. The Kier molecular flexibility index (Phi) is 5.15. The van der Waals surface area contributed by atoms with E-state index in [4.69, 9.17) is 4.74 Å². The topological polar surface area (TPSA) is 24.5 Å². The Morgan fingerprint density at radius 3 is 3.06 bits per heavy atom. The number of nitrogens with one attached hydrogen (secondary N) is 1. The van der Waals surface area contributed by atoms with Gasteiger partial charge in [-0.25, -0.2) is 0 Å². The summed E-state index contributed by atoms with van der Waals surface area (Å²) in [5, 5.41) is 3.52. The van der Waals surface area contributed by atoms with Gasteiger partial charge < -0.3 is 10.1 Å². The average molecular weight is 258 g/mol. The molecule has 0 spiro atoms. The van der Waals surface area contributed by atoms with Crippen molar-refractivity contribution in [1.82, 2.24) is 10.2 Å². The summed E-state index contributed by atoms with van der Waals surface area (Å²) in [5.74, 6) is 2.58. The van der Waals surface area contributed by atoms with Gasteiger partial charge in [0.25, 0.3) is 0 Å². The smallest absolute Gasteiger partial charge is 0.0547 e. The fraction of sp³-hybridized carbons (Fsp3) is 1.00. The Balaban J connectivity index is 1.91. The van der Waals surface area contributed by atoms with E-state index in [-0.39, 0.29) is 0 Å². The fourth-order valence-corrected chi connectivity index (χ4v) is 3.87. The van der Waals surface area contributed by atoms with E-state index < -0.39 is 0 Å². The van der Waals surface area contributed by atoms with Crippen LogP contribution in [0.5, 0.6) is 0 Å². The van der Waals surface area contributed by atoms with E-state index in [1.807, 2.05) is 0 Å². The van der Waals surface area contributed by atoms with Crippen LogP contribution >= 0.6 is 11.8 Å². The van der Waals surface area contributed by atoms with Crippen molar-refractivity contribution in [3.8, 4) is 0 Å². The zero-order valence-corrected chi connectivity index (χ0v) is 12.0. The van der Waals surface area contributed by atoms with Crippen molar-refractivity contribution in [1.29, 1.82) is 0 Å². The quantitative estimate of drug-likeness (QED) is 0.806. The van der Waals surface area contributed by atoms with E-state index >= 15 is 0 Å². The van der Waals surface area contributed by atoms with Crippen LogP contribution < -0.4 is 5.32 Å². The number of ether oxygens (including phenoxy) is 1. The average Bonchev–Trinajstić information content (AvgIpc) is 2.79. The van der Waals surface area contributed by atoms with Crippen molar-refractivity contribution >= 4 is 11.8 Å². The second kappa shape index (κ2) is 6.41. The van der Waals surface area contributed by atoms with Gasteiger partial charge in [-0.15, -0.1) is 0 Å². The van der Waals surface area contributed by atoms with Crippen LogP contribution in [0.25, 0.3) is 0 Å². The molecule has 0 aliphatic carbocycles. The van der Waals surface area contributed by atoms with Crippen molar-refractivity contribution < 1.29 is 4.74 Å². The predicted molar refractivity (Wildman–Crippen MR) is 74.8 cm³/mol. The molecule has 2 saturated heterocycles. The molecular weight excluding hydrogens is 232 g/mol. The van der Waals surface area contributed by atoms with E-state index in [9.17, 15) is 0 Å². The largest absolute Gasteiger partial charge is 0.381 e. The van der Waals surface area contributed by atoms with Gasteiger partial charge in [0.1, 0.15) is 0 Å². The normalized spacial score (nSPS) is 35.3. The zero-order chi connectivity index (χ0) is 12.1. The Hall–Kier alpha value is 0.230. The number of rotatable bonds is 5. The van der Waals surface area contributed by atoms with Crippen LogP contribution in [0.1, 0.15) is 20.3 Å². The van der Waals surface area contributed by atoms with Crippen molar-refractivity contribution in [3.63, 3.8) is 0 Å². The molecule has 17 heavy (non-hydrogen) atoms. The summed E-state index contributed by atoms with van der Waals surface area (Å²) in [7, 11) is 0. The number of hydrogen-bond acceptors (Lipinski definition) is 4. The summed E-state index contributed by atoms with van der Waals surface area (Å²) in [6, 6.07) is 0.729. The zero-order valence-electron chi connectivity index (χ0n) is 11.2. The monoisotopic (exact) mass is 258 g/mol. The lowest BCUT2D eigenvalue weighted by Crippen LogP contribution is -2.50. The summed E-state index contributed by atoms with van der Waals surface area (Å²) >= 11 is 2.09. The molecule has 2 fully saturated rings. The van der Waals surface area contributed by atoms with Crippen LogP contribution in [0.15, 0.2) is 0 Å². The minimum atomic E-state index is 0.367. The highest BCUT2D eigenvalue weighted by molar-refractivity contribution is 7.99. The number of hydrogen-bond donors (Lipinski definition) is 1. The molecule has 2 aliphatic heterocycles. The minimum absolute atomic E-state index is 0.367. The van der Waals surface area contributed by atoms with E-state index in [0.29, 0.717) is 5.41 Å². The molecule has 4 heteroatoms. The standard InChI is InChI=1S/C13H26N2OS/c1-3-14-9-13(4-6-16-11-13)10-15-5-7-17-8-12(15)2/h12,14H,3-11H2,1-2H3. The number of thioether (sulfide) groups is 1. The third-order valence-corrected chi connectivity index (χ3v) is 5.17. The summed E-state index contributed by atoms with van der Waals surface area (Å²) in [4.78, 5) is 2.67. The van der Waals surface area contributed by atoms with Crippen molar-refractivity contribution in [2.24, 2.45) is 5.41 Å². The maximum absolute atomic E-state index is 5.66. The minimum Gasteiger partial charge on any atom is -0.381 e. The van der Waals surface area contributed by atoms with Crippen molar-refractivity contribution in [2.45, 2.75) is 26.3 Å². The van der Waals surface area contributed by atoms with Crippen LogP contribution in [-0.2, 0) is 4.74 Å². The lowest BCUT2D eigenvalue weighted by atomic mass is 9.86. The molecule has 0 bridgehead atoms. The molecule has 1 N–H and O–H groups in total. The Bertz CT molecular complexity index is 231. The Morgan fingerprint density at radius 2 is 2.41 bits per heavy atom. The Labute approximate surface area is 110 Å². The van der Waals surface area contributed by atoms with E-state index in [1.54, 1.807) is 0 Å². The summed E-state index contributed by atoms with van der Waals surface area (Å²) < 4.78 is 5.66. The first-order valence-corrected chi connectivity index (χ1v) is 8.01. The van der Waals surface area contributed by atoms with Crippen LogP contribution in [-0.4, -0.2) is 61.8 Å². The molecule has 3 nitrogen and oxygen atoms in total. The van der Waals surface area contributed by atoms with Crippen LogP contribution in [0, 0.1) is 5.41 Å². The first kappa shape index (κ1) is 13.7. The molecule has 0 radical (unpaired) electrons. The van der Waals surface area contributed by atoms with Gasteiger partial charge in [0.2, 0.25) is 0 Å². The van der Waals surface area contributed by atoms with Gasteiger partial charge in [0.05, 0.1) is 6.61 Å². The highest BCUT2D eigenvalue weighted by atomic mass is 32.2. The van der Waals surface area contributed by atoms with Gasteiger partial charge in [-0.2, -0.15) is 11.8 Å². The lowest BCUT2D eigenvalue weighted by Gasteiger charge is -2.40. The Morgan fingerprint density at radius 1 is 1.53 bits per heavy atom. The van der Waals surface area contributed by atoms with E-state index in [2.05, 4.69) is 35.8 Å². The summed E-state index contributed by atoms with van der Waals surface area (Å²) in [6.45, 7) is 11.1. The van der Waals surface area contributed by atoms with E-state index in [1.165, 1.54) is 31.0 Å². The fourth-order valence-electron chi connectivity index (χ4n) is 2.79. The molecule has 2 rings (SSSR count). The van der Waals surface area contributed by atoms with Crippen LogP contribution in [0.4, 0.5) is 0 Å². The maximum atomic E-state index is 5.66. The molecule has 2 unspecified atom stereocenters. The molecule has 0 aromatic rings. The van der Waals surface area contributed by atoms with Gasteiger partial charge in [-0.1, -0.05) is 6.92 Å². The van der Waals surface area contributed by atoms with Crippen LogP contribution in [0.2, 0.25) is 0 Å². The molecule has 2 heterocycles. The first-order valence-electron chi connectivity index (χ1n) is 6.86. The van der Waals surface area contributed by atoms with Gasteiger partial charge in [0, 0.05) is 49.2 Å². The highest BCUT2D eigenvalue weighted by Gasteiger charge is 2.37. The van der Waals surface area contributed by atoms with Crippen molar-refractivity contribution in [3.05, 3.63) is 0 Å². The summed E-state index contributed by atoms with van der Waals surface area (Å²) in [5.41, 5.74) is 0.367. The maximum Gasteiger partial charge on any atom is 0.0547 e. The molecule has 0 amide bonds. The molecule has 2 aliphatic rings. The second-order valence-corrected chi connectivity index (χ2v) is 6.63. The third-order valence-electron chi connectivity index (χ3n) is 3.98. The van der Waals surface area contributed by atoms with Gasteiger partial charge >= 0.3 is 0 Å². The van der Waals surface area contributed by atoms with Gasteiger partial charge in [-0.3, -0.25) is 4.90 Å². The molecule has 100 valence electrons. The lowest BCUT2D eigenvalue weighted by molar-refractivity contribution is 0.0963. The highest BCUT2D eigenvalue weighted by Crippen LogP contribution is 2.31. The second-order valence-electron chi connectivity index (χ2n) is 5.48. The third kappa shape index (κ3) is 3.60. The summed E-state index contributed by atoms with van der Waals surface area (Å²) in [6.07, 6.45) is 1.22. The van der Waals surface area contributed by atoms with Gasteiger partial charge in [-0.05, 0) is 19.9 Å². The van der Waals surface area contributed by atoms with Crippen molar-refractivity contribution in [2.75, 3.05) is 50.9 Å². The van der Waals surface area contributed by atoms with Crippen LogP contribution in [0.3, 0.4) is 0 Å². The number of nitrogens with zero attached hydrogens (tertiary/aromatic N) is 1. The molecule has 0 aromatic heterocycles. The molecule has 0 saturated carbocycles.